The number of para-hydroxylation sites is 1. The van der Waals surface area contributed by atoms with Crippen molar-refractivity contribution in [3.63, 3.8) is 0 Å². The smallest absolute Gasteiger partial charge is 0.282 e. The highest BCUT2D eigenvalue weighted by molar-refractivity contribution is 6.68. The number of benzene rings is 1. The van der Waals surface area contributed by atoms with Crippen molar-refractivity contribution in [2.24, 2.45) is 5.92 Å². The van der Waals surface area contributed by atoms with E-state index in [0.717, 1.165) is 12.1 Å². The topological polar surface area (TPSA) is 97.5 Å². The Kier molecular flexibility index (Phi) is 6.00. The second kappa shape index (κ2) is 8.43. The molecule has 1 N–H and O–H groups in total. The Bertz CT molecular complexity index is 1080. The number of nitrogens with zero attached hydrogens (tertiary/aromatic N) is 3. The van der Waals surface area contributed by atoms with Gasteiger partial charge in [0.2, 0.25) is 3.79 Å². The number of carbonyl (C=O) groups excluding carboxylic acids is 1. The summed E-state index contributed by atoms with van der Waals surface area (Å²) in [5, 5.41) is 14.0. The van der Waals surface area contributed by atoms with E-state index in [9.17, 15) is 19.7 Å². The number of amides is 1. The lowest BCUT2D eigenvalue weighted by atomic mass is 9.83. The maximum Gasteiger partial charge on any atom is 0.282 e. The first-order chi connectivity index (χ1) is 14.6. The molecule has 1 fully saturated rings. The van der Waals surface area contributed by atoms with Gasteiger partial charge in [0.05, 0.1) is 4.92 Å². The molecule has 3 unspecified atom stereocenters. The van der Waals surface area contributed by atoms with Gasteiger partial charge in [0.25, 0.3) is 17.2 Å². The molecule has 0 saturated carbocycles. The predicted octanol–water partition coefficient (Wildman–Crippen LogP) is 3.30. The number of nitro benzene ring substituents is 1. The van der Waals surface area contributed by atoms with E-state index >= 15 is 0 Å². The van der Waals surface area contributed by atoms with Gasteiger partial charge in [-0.25, -0.2) is 0 Å². The number of pyridine rings is 1. The van der Waals surface area contributed by atoms with Crippen LogP contribution in [0.15, 0.2) is 47.3 Å². The fraction of sp³-hybridized carbons (Fsp3) is 0.400. The number of hydrogen-bond donors (Lipinski definition) is 1. The van der Waals surface area contributed by atoms with Crippen LogP contribution in [0.25, 0.3) is 0 Å². The molecule has 1 aromatic heterocycles. The van der Waals surface area contributed by atoms with E-state index in [1.807, 2.05) is 11.0 Å². The van der Waals surface area contributed by atoms with Gasteiger partial charge >= 0.3 is 0 Å². The maximum atomic E-state index is 12.9. The average molecular weight is 486 g/mol. The summed E-state index contributed by atoms with van der Waals surface area (Å²) in [6.45, 7) is 1.52. The van der Waals surface area contributed by atoms with Crippen LogP contribution in [0.5, 0.6) is 0 Å². The van der Waals surface area contributed by atoms with Crippen LogP contribution in [0, 0.1) is 16.0 Å². The number of likely N-dealkylation sites (tertiary alicyclic amines) is 1. The number of carbonyl (C=O) groups is 1. The van der Waals surface area contributed by atoms with Crippen molar-refractivity contribution < 1.29 is 9.72 Å². The van der Waals surface area contributed by atoms with Gasteiger partial charge in [-0.2, -0.15) is 0 Å². The number of hydrogen-bond acceptors (Lipinski definition) is 5. The quantitative estimate of drug-likeness (QED) is 0.407. The first-order valence-corrected chi connectivity index (χ1v) is 10.8. The zero-order chi connectivity index (χ0) is 22.3. The minimum atomic E-state index is -1.87. The van der Waals surface area contributed by atoms with E-state index in [1.165, 1.54) is 24.3 Å². The minimum Gasteiger partial charge on any atom is -0.332 e. The number of alkyl halides is 3. The lowest BCUT2D eigenvalue weighted by molar-refractivity contribution is -0.385. The summed E-state index contributed by atoms with van der Waals surface area (Å²) in [6, 6.07) is 10.8. The fourth-order valence-electron chi connectivity index (χ4n) is 4.55. The molecule has 0 spiro atoms. The number of aromatic nitrogens is 1. The molecular weight excluding hydrogens is 467 g/mol. The van der Waals surface area contributed by atoms with Gasteiger partial charge in [-0.05, 0) is 24.5 Å². The van der Waals surface area contributed by atoms with Crippen molar-refractivity contribution in [2.75, 3.05) is 13.1 Å². The zero-order valence-electron chi connectivity index (χ0n) is 16.2. The number of nitrogens with one attached hydrogen (secondary N) is 1. The second-order valence-electron chi connectivity index (χ2n) is 7.84. The molecule has 3 heterocycles. The average Bonchev–Trinajstić information content (AvgIpc) is 2.71. The van der Waals surface area contributed by atoms with Crippen LogP contribution < -0.4 is 10.9 Å². The molecule has 1 aromatic carbocycles. The van der Waals surface area contributed by atoms with E-state index < -0.39 is 20.8 Å². The molecule has 8 nitrogen and oxygen atoms in total. The van der Waals surface area contributed by atoms with E-state index in [-0.39, 0.29) is 28.6 Å². The Hall–Kier alpha value is -2.13. The van der Waals surface area contributed by atoms with Crippen molar-refractivity contribution in [3.8, 4) is 0 Å². The number of rotatable bonds is 4. The minimum absolute atomic E-state index is 0.0386. The summed E-state index contributed by atoms with van der Waals surface area (Å²) in [6.07, 6.45) is -0.109. The van der Waals surface area contributed by atoms with Crippen molar-refractivity contribution in [1.29, 1.82) is 0 Å². The van der Waals surface area contributed by atoms with Crippen LogP contribution in [-0.4, -0.2) is 43.3 Å². The molecule has 11 heteroatoms. The molecule has 0 aliphatic carbocycles. The van der Waals surface area contributed by atoms with Crippen LogP contribution in [0.1, 0.15) is 28.4 Å². The Morgan fingerprint density at radius 2 is 1.87 bits per heavy atom. The van der Waals surface area contributed by atoms with Crippen LogP contribution >= 0.6 is 34.8 Å². The first-order valence-electron chi connectivity index (χ1n) is 9.70. The van der Waals surface area contributed by atoms with Crippen molar-refractivity contribution in [2.45, 2.75) is 28.8 Å². The van der Waals surface area contributed by atoms with Gasteiger partial charge in [-0.1, -0.05) is 53.0 Å². The molecule has 0 radical (unpaired) electrons. The highest BCUT2D eigenvalue weighted by atomic mass is 35.6. The molecule has 2 aliphatic rings. The fourth-order valence-corrected chi connectivity index (χ4v) is 5.13. The Balaban J connectivity index is 1.61. The van der Waals surface area contributed by atoms with Crippen molar-refractivity contribution in [1.82, 2.24) is 14.8 Å². The molecule has 2 aromatic rings. The lowest BCUT2D eigenvalue weighted by Crippen LogP contribution is -2.60. The van der Waals surface area contributed by atoms with E-state index in [0.29, 0.717) is 19.6 Å². The monoisotopic (exact) mass is 484 g/mol. The van der Waals surface area contributed by atoms with Crippen LogP contribution in [0.3, 0.4) is 0 Å². The molecule has 4 rings (SSSR count). The summed E-state index contributed by atoms with van der Waals surface area (Å²) in [7, 11) is 0. The van der Waals surface area contributed by atoms with E-state index in [2.05, 4.69) is 5.32 Å². The first kappa shape index (κ1) is 22.1. The molecule has 2 bridgehead atoms. The third kappa shape index (κ3) is 4.43. The van der Waals surface area contributed by atoms with E-state index in [1.54, 1.807) is 16.7 Å². The summed E-state index contributed by atoms with van der Waals surface area (Å²) in [5.74, 6) is -0.514. The van der Waals surface area contributed by atoms with Crippen molar-refractivity contribution in [3.05, 3.63) is 74.2 Å². The molecule has 1 saturated heterocycles. The van der Waals surface area contributed by atoms with Gasteiger partial charge in [-0.3, -0.25) is 24.6 Å². The van der Waals surface area contributed by atoms with Gasteiger partial charge < -0.3 is 9.88 Å². The predicted molar refractivity (Wildman–Crippen MR) is 118 cm³/mol. The molecule has 1 amide bonds. The molecule has 3 atom stereocenters. The molecular formula is C20H19Cl3N4O4. The molecule has 164 valence electrons. The number of nitro groups is 1. The summed E-state index contributed by atoms with van der Waals surface area (Å²) >= 11 is 18.7. The van der Waals surface area contributed by atoms with Crippen molar-refractivity contribution >= 4 is 46.4 Å². The van der Waals surface area contributed by atoms with E-state index in [4.69, 9.17) is 34.8 Å². The van der Waals surface area contributed by atoms with Gasteiger partial charge in [0, 0.05) is 43.4 Å². The van der Waals surface area contributed by atoms with Crippen LogP contribution in [-0.2, 0) is 6.54 Å². The van der Waals surface area contributed by atoms with Crippen LogP contribution in [0.2, 0.25) is 0 Å². The third-order valence-electron chi connectivity index (χ3n) is 5.80. The lowest BCUT2D eigenvalue weighted by Gasteiger charge is -2.47. The number of piperidine rings is 1. The Labute approximate surface area is 192 Å². The zero-order valence-corrected chi connectivity index (χ0v) is 18.5. The highest BCUT2D eigenvalue weighted by Gasteiger charge is 2.44. The van der Waals surface area contributed by atoms with Gasteiger partial charge in [0.1, 0.15) is 11.7 Å². The number of fused-ring (bicyclic) bond motifs is 4. The maximum absolute atomic E-state index is 12.9. The largest absolute Gasteiger partial charge is 0.332 e. The number of halogens is 3. The third-order valence-corrected chi connectivity index (χ3v) is 6.42. The second-order valence-corrected chi connectivity index (χ2v) is 10.2. The molecule has 2 aliphatic heterocycles. The van der Waals surface area contributed by atoms with Gasteiger partial charge in [-0.15, -0.1) is 0 Å². The van der Waals surface area contributed by atoms with Crippen LogP contribution in [0.4, 0.5) is 5.69 Å². The SMILES string of the molecule is O=C(NC(N1CC2CC(C1)c1cccc(=O)n1C2)C(Cl)(Cl)Cl)c1ccccc1[N+](=O)[O-]. The summed E-state index contributed by atoms with van der Waals surface area (Å²) < 4.78 is -0.0896. The Morgan fingerprint density at radius 1 is 1.13 bits per heavy atom. The highest BCUT2D eigenvalue weighted by Crippen LogP contribution is 2.40. The standard InChI is InChI=1S/C20H19Cl3N4O4/c21-20(22,23)19(24-18(29)14-4-1-2-5-16(14)27(30)31)25-9-12-8-13(11-25)15-6-3-7-17(28)26(15)10-12/h1-7,12-13,19H,8-11H2,(H,24,29). The normalized spacial score (nSPS) is 21.8. The Morgan fingerprint density at radius 3 is 2.58 bits per heavy atom. The summed E-state index contributed by atoms with van der Waals surface area (Å²) in [5.41, 5.74) is 0.442. The summed E-state index contributed by atoms with van der Waals surface area (Å²) in [4.78, 5) is 37.7. The molecule has 31 heavy (non-hydrogen) atoms. The van der Waals surface area contributed by atoms with Gasteiger partial charge in [0.15, 0.2) is 0 Å².